The van der Waals surface area contributed by atoms with Crippen molar-refractivity contribution in [1.29, 1.82) is 0 Å². The van der Waals surface area contributed by atoms with Crippen LogP contribution in [0.25, 0.3) is 0 Å². The van der Waals surface area contributed by atoms with Crippen molar-refractivity contribution in [3.63, 3.8) is 0 Å². The maximum atomic E-state index is 12.3. The number of carbonyl (C=O) groups is 2. The monoisotopic (exact) mass is 366 g/mol. The molecule has 146 valence electrons. The van der Waals surface area contributed by atoms with E-state index in [1.165, 1.54) is 0 Å². The van der Waals surface area contributed by atoms with E-state index in [4.69, 9.17) is 19.9 Å². The molecule has 0 heterocycles. The standard InChI is InChI=1S/C19H30N2O5/c1-18(2,3)25-16(22)21(17(23)26-19(4,5)6)12-7-13-24-15-10-8-14(20)9-11-15/h8-11H,7,12-13,20H2,1-6H3. The van der Waals surface area contributed by atoms with Crippen molar-refractivity contribution in [2.75, 3.05) is 18.9 Å². The number of imide groups is 1. The lowest BCUT2D eigenvalue weighted by Crippen LogP contribution is -2.44. The number of hydrogen-bond donors (Lipinski definition) is 1. The normalized spacial score (nSPS) is 11.6. The van der Waals surface area contributed by atoms with Crippen LogP contribution in [0.4, 0.5) is 15.3 Å². The smallest absolute Gasteiger partial charge is 0.419 e. The van der Waals surface area contributed by atoms with Gasteiger partial charge in [0.25, 0.3) is 0 Å². The van der Waals surface area contributed by atoms with Crippen molar-refractivity contribution in [3.8, 4) is 5.75 Å². The Bertz CT molecular complexity index is 572. The second-order valence-corrected chi connectivity index (χ2v) is 7.88. The summed E-state index contributed by atoms with van der Waals surface area (Å²) < 4.78 is 16.2. The Morgan fingerprint density at radius 3 is 1.81 bits per heavy atom. The zero-order valence-corrected chi connectivity index (χ0v) is 16.5. The molecule has 0 saturated carbocycles. The molecular weight excluding hydrogens is 336 g/mol. The van der Waals surface area contributed by atoms with E-state index < -0.39 is 23.4 Å². The maximum Gasteiger partial charge on any atom is 0.419 e. The number of nitrogens with zero attached hydrogens (tertiary/aromatic N) is 1. The third kappa shape index (κ3) is 8.60. The highest BCUT2D eigenvalue weighted by Gasteiger charge is 2.30. The zero-order valence-electron chi connectivity index (χ0n) is 16.5. The van der Waals surface area contributed by atoms with Gasteiger partial charge in [0.2, 0.25) is 0 Å². The fourth-order valence-corrected chi connectivity index (χ4v) is 1.87. The Balaban J connectivity index is 2.64. The largest absolute Gasteiger partial charge is 0.494 e. The zero-order chi connectivity index (χ0) is 20.0. The van der Waals surface area contributed by atoms with Crippen LogP contribution in [0.3, 0.4) is 0 Å². The molecule has 0 fully saturated rings. The number of amides is 2. The Hall–Kier alpha value is -2.44. The molecule has 0 spiro atoms. The van der Waals surface area contributed by atoms with Gasteiger partial charge >= 0.3 is 12.2 Å². The second kappa shape index (κ2) is 8.78. The molecule has 0 radical (unpaired) electrons. The summed E-state index contributed by atoms with van der Waals surface area (Å²) in [7, 11) is 0. The summed E-state index contributed by atoms with van der Waals surface area (Å²) in [5.41, 5.74) is 4.85. The second-order valence-electron chi connectivity index (χ2n) is 7.88. The van der Waals surface area contributed by atoms with Gasteiger partial charge in [0, 0.05) is 12.2 Å². The van der Waals surface area contributed by atoms with Gasteiger partial charge in [0.1, 0.15) is 17.0 Å². The molecule has 2 amide bonds. The summed E-state index contributed by atoms with van der Waals surface area (Å²) in [6, 6.07) is 7.00. The minimum Gasteiger partial charge on any atom is -0.494 e. The van der Waals surface area contributed by atoms with Gasteiger partial charge in [-0.1, -0.05) is 0 Å². The van der Waals surface area contributed by atoms with Gasteiger partial charge in [-0.2, -0.15) is 0 Å². The van der Waals surface area contributed by atoms with Crippen molar-refractivity contribution < 1.29 is 23.8 Å². The average Bonchev–Trinajstić information content (AvgIpc) is 2.45. The van der Waals surface area contributed by atoms with Gasteiger partial charge in [-0.15, -0.1) is 0 Å². The van der Waals surface area contributed by atoms with E-state index in [1.54, 1.807) is 65.8 Å². The Labute approximate surface area is 155 Å². The van der Waals surface area contributed by atoms with Crippen LogP contribution < -0.4 is 10.5 Å². The van der Waals surface area contributed by atoms with Crippen molar-refractivity contribution in [3.05, 3.63) is 24.3 Å². The van der Waals surface area contributed by atoms with E-state index in [0.717, 1.165) is 4.90 Å². The number of benzene rings is 1. The van der Waals surface area contributed by atoms with E-state index in [9.17, 15) is 9.59 Å². The van der Waals surface area contributed by atoms with Gasteiger partial charge in [-0.3, -0.25) is 0 Å². The number of ether oxygens (including phenoxy) is 3. The summed E-state index contributed by atoms with van der Waals surface area (Å²) in [6.07, 6.45) is -1.04. The van der Waals surface area contributed by atoms with Crippen LogP contribution in [0.1, 0.15) is 48.0 Å². The third-order valence-electron chi connectivity index (χ3n) is 2.90. The fourth-order valence-electron chi connectivity index (χ4n) is 1.87. The number of hydrogen-bond acceptors (Lipinski definition) is 6. The van der Waals surface area contributed by atoms with Crippen molar-refractivity contribution in [2.24, 2.45) is 0 Å². The minimum absolute atomic E-state index is 0.124. The molecular formula is C19H30N2O5. The lowest BCUT2D eigenvalue weighted by atomic mass is 10.2. The predicted octanol–water partition coefficient (Wildman–Crippen LogP) is 4.21. The molecule has 0 aliphatic heterocycles. The fraction of sp³-hybridized carbons (Fsp3) is 0.579. The molecule has 1 rings (SSSR count). The molecule has 0 saturated heterocycles. The summed E-state index contributed by atoms with van der Waals surface area (Å²) >= 11 is 0. The Morgan fingerprint density at radius 1 is 0.923 bits per heavy atom. The summed E-state index contributed by atoms with van der Waals surface area (Å²) in [6.45, 7) is 10.9. The first-order chi connectivity index (χ1) is 11.9. The number of nitrogen functional groups attached to an aromatic ring is 1. The highest BCUT2D eigenvalue weighted by molar-refractivity contribution is 5.88. The molecule has 1 aromatic rings. The predicted molar refractivity (Wildman–Crippen MR) is 100 cm³/mol. The van der Waals surface area contributed by atoms with Gasteiger partial charge in [0.15, 0.2) is 0 Å². The highest BCUT2D eigenvalue weighted by atomic mass is 16.6. The lowest BCUT2D eigenvalue weighted by molar-refractivity contribution is 0.000802. The molecule has 0 atom stereocenters. The van der Waals surface area contributed by atoms with Crippen LogP contribution in [0, 0.1) is 0 Å². The van der Waals surface area contributed by atoms with Crippen LogP contribution >= 0.6 is 0 Å². The first kappa shape index (κ1) is 21.6. The van der Waals surface area contributed by atoms with E-state index in [2.05, 4.69) is 0 Å². The molecule has 7 nitrogen and oxygen atoms in total. The third-order valence-corrected chi connectivity index (χ3v) is 2.90. The van der Waals surface area contributed by atoms with Crippen LogP contribution in [-0.4, -0.2) is 41.4 Å². The lowest BCUT2D eigenvalue weighted by Gasteiger charge is -2.28. The molecule has 0 aliphatic carbocycles. The Kier molecular flexibility index (Phi) is 7.29. The molecule has 7 heteroatoms. The van der Waals surface area contributed by atoms with Crippen LogP contribution in [0.2, 0.25) is 0 Å². The average molecular weight is 366 g/mol. The molecule has 26 heavy (non-hydrogen) atoms. The van der Waals surface area contributed by atoms with E-state index in [0.29, 0.717) is 24.5 Å². The first-order valence-electron chi connectivity index (χ1n) is 8.59. The van der Waals surface area contributed by atoms with Crippen molar-refractivity contribution in [1.82, 2.24) is 4.90 Å². The van der Waals surface area contributed by atoms with E-state index in [-0.39, 0.29) is 6.54 Å². The van der Waals surface area contributed by atoms with Gasteiger partial charge < -0.3 is 19.9 Å². The molecule has 0 unspecified atom stereocenters. The number of carbonyl (C=O) groups excluding carboxylic acids is 2. The maximum absolute atomic E-state index is 12.3. The summed E-state index contributed by atoms with van der Waals surface area (Å²) in [5, 5.41) is 0. The van der Waals surface area contributed by atoms with Crippen LogP contribution in [0.15, 0.2) is 24.3 Å². The summed E-state index contributed by atoms with van der Waals surface area (Å²) in [5.74, 6) is 0.667. The topological polar surface area (TPSA) is 91.1 Å². The molecule has 0 aromatic heterocycles. The van der Waals surface area contributed by atoms with Crippen molar-refractivity contribution in [2.45, 2.75) is 59.2 Å². The number of anilines is 1. The molecule has 2 N–H and O–H groups in total. The Morgan fingerprint density at radius 2 is 1.38 bits per heavy atom. The molecule has 1 aromatic carbocycles. The quantitative estimate of drug-likeness (QED) is 0.620. The van der Waals surface area contributed by atoms with Crippen LogP contribution in [-0.2, 0) is 9.47 Å². The number of nitrogens with two attached hydrogens (primary N) is 1. The SMILES string of the molecule is CC(C)(C)OC(=O)N(CCCOc1ccc(N)cc1)C(=O)OC(C)(C)C. The van der Waals surface area contributed by atoms with Crippen LogP contribution in [0.5, 0.6) is 5.75 Å². The van der Waals surface area contributed by atoms with Gasteiger partial charge in [-0.05, 0) is 72.2 Å². The number of rotatable bonds is 5. The van der Waals surface area contributed by atoms with Gasteiger partial charge in [0.05, 0.1) is 6.61 Å². The molecule has 0 bridgehead atoms. The first-order valence-corrected chi connectivity index (χ1v) is 8.59. The van der Waals surface area contributed by atoms with E-state index in [1.807, 2.05) is 0 Å². The summed E-state index contributed by atoms with van der Waals surface area (Å²) in [4.78, 5) is 25.6. The van der Waals surface area contributed by atoms with E-state index >= 15 is 0 Å². The highest BCUT2D eigenvalue weighted by Crippen LogP contribution is 2.16. The van der Waals surface area contributed by atoms with Gasteiger partial charge in [-0.25, -0.2) is 14.5 Å². The minimum atomic E-state index is -0.737. The van der Waals surface area contributed by atoms with Crippen molar-refractivity contribution >= 4 is 17.9 Å². The molecule has 0 aliphatic rings.